The lowest BCUT2D eigenvalue weighted by molar-refractivity contribution is 0.313. The molecule has 0 saturated carbocycles. The van der Waals surface area contributed by atoms with E-state index in [2.05, 4.69) is 45.5 Å². The van der Waals surface area contributed by atoms with Crippen molar-refractivity contribution >= 4 is 15.9 Å². The predicted octanol–water partition coefficient (Wildman–Crippen LogP) is 3.30. The molecule has 0 atom stereocenters. The Kier molecular flexibility index (Phi) is 6.26. The molecule has 1 aromatic heterocycles. The zero-order valence-electron chi connectivity index (χ0n) is 12.6. The topological polar surface area (TPSA) is 39.1 Å². The van der Waals surface area contributed by atoms with Gasteiger partial charge in [-0.15, -0.1) is 0 Å². The lowest BCUT2D eigenvalue weighted by atomic mass is 10.2. The number of halogens is 1. The Morgan fingerprint density at radius 3 is 2.95 bits per heavy atom. The van der Waals surface area contributed by atoms with Gasteiger partial charge in [0.05, 0.1) is 12.8 Å². The molecule has 5 heteroatoms. The Balaban J connectivity index is 1.85. The van der Waals surface area contributed by atoms with Crippen LogP contribution in [0.15, 0.2) is 35.1 Å². The van der Waals surface area contributed by atoms with Gasteiger partial charge >= 0.3 is 0 Å². The average molecular weight is 352 g/mol. The molecule has 0 radical (unpaired) electrons. The third-order valence-electron chi connectivity index (χ3n) is 3.15. The van der Waals surface area contributed by atoms with Crippen LogP contribution in [0.1, 0.15) is 24.5 Å². The van der Waals surface area contributed by atoms with Crippen molar-refractivity contribution < 1.29 is 4.74 Å². The summed E-state index contributed by atoms with van der Waals surface area (Å²) in [4.78, 5) is 0. The van der Waals surface area contributed by atoms with Crippen molar-refractivity contribution in [2.45, 2.75) is 26.3 Å². The first-order chi connectivity index (χ1) is 10.2. The number of ether oxygens (including phenoxy) is 1. The van der Waals surface area contributed by atoms with Crippen molar-refractivity contribution in [1.82, 2.24) is 15.1 Å². The highest BCUT2D eigenvalue weighted by molar-refractivity contribution is 9.10. The summed E-state index contributed by atoms with van der Waals surface area (Å²) in [5.74, 6) is 0.967. The molecule has 0 spiro atoms. The number of rotatable bonds is 8. The molecule has 0 amide bonds. The van der Waals surface area contributed by atoms with Gasteiger partial charge < -0.3 is 10.1 Å². The standard InChI is InChI=1S/C16H22BrN3O/c1-3-8-21-16-5-4-15(17)9-14(16)11-18-7-6-13-10-19-20(2)12-13/h4-5,9-10,12,18H,3,6-8,11H2,1-2H3. The normalized spacial score (nSPS) is 10.8. The number of aryl methyl sites for hydroxylation is 1. The van der Waals surface area contributed by atoms with E-state index in [9.17, 15) is 0 Å². The minimum atomic E-state index is 0.754. The predicted molar refractivity (Wildman–Crippen MR) is 88.5 cm³/mol. The van der Waals surface area contributed by atoms with E-state index in [1.54, 1.807) is 0 Å². The van der Waals surface area contributed by atoms with Crippen LogP contribution < -0.4 is 10.1 Å². The third kappa shape index (κ3) is 5.17. The number of hydrogen-bond donors (Lipinski definition) is 1. The smallest absolute Gasteiger partial charge is 0.123 e. The third-order valence-corrected chi connectivity index (χ3v) is 3.64. The van der Waals surface area contributed by atoms with Gasteiger partial charge in [-0.25, -0.2) is 0 Å². The highest BCUT2D eigenvalue weighted by atomic mass is 79.9. The van der Waals surface area contributed by atoms with Crippen LogP contribution in [0, 0.1) is 0 Å². The molecule has 1 N–H and O–H groups in total. The van der Waals surface area contributed by atoms with Gasteiger partial charge in [0.15, 0.2) is 0 Å². The molecule has 114 valence electrons. The second kappa shape index (κ2) is 8.20. The van der Waals surface area contributed by atoms with Crippen molar-refractivity contribution in [3.05, 3.63) is 46.2 Å². The molecular weight excluding hydrogens is 330 g/mol. The van der Waals surface area contributed by atoms with E-state index in [0.29, 0.717) is 0 Å². The fourth-order valence-electron chi connectivity index (χ4n) is 2.10. The van der Waals surface area contributed by atoms with E-state index in [4.69, 9.17) is 4.74 Å². The molecule has 0 saturated heterocycles. The molecule has 1 aromatic carbocycles. The first-order valence-corrected chi connectivity index (χ1v) is 8.08. The van der Waals surface area contributed by atoms with Gasteiger partial charge in [0.1, 0.15) is 5.75 Å². The quantitative estimate of drug-likeness (QED) is 0.741. The summed E-state index contributed by atoms with van der Waals surface area (Å²) in [5.41, 5.74) is 2.44. The lowest BCUT2D eigenvalue weighted by Crippen LogP contribution is -2.17. The van der Waals surface area contributed by atoms with Gasteiger partial charge in [0, 0.05) is 29.8 Å². The first-order valence-electron chi connectivity index (χ1n) is 7.28. The molecule has 0 aliphatic heterocycles. The summed E-state index contributed by atoms with van der Waals surface area (Å²) in [6, 6.07) is 6.16. The first kappa shape index (κ1) is 16.0. The van der Waals surface area contributed by atoms with E-state index >= 15 is 0 Å². The van der Waals surface area contributed by atoms with Gasteiger partial charge in [0.25, 0.3) is 0 Å². The minimum Gasteiger partial charge on any atom is -0.493 e. The lowest BCUT2D eigenvalue weighted by Gasteiger charge is -2.12. The molecule has 0 aliphatic carbocycles. The number of aromatic nitrogens is 2. The highest BCUT2D eigenvalue weighted by Gasteiger charge is 2.04. The Labute approximate surface area is 134 Å². The molecule has 2 rings (SSSR count). The van der Waals surface area contributed by atoms with E-state index in [1.807, 2.05) is 30.1 Å². The summed E-state index contributed by atoms with van der Waals surface area (Å²) in [6.45, 7) is 4.60. The Hall–Kier alpha value is -1.33. The largest absolute Gasteiger partial charge is 0.493 e. The maximum absolute atomic E-state index is 5.79. The van der Waals surface area contributed by atoms with E-state index in [0.717, 1.165) is 42.8 Å². The van der Waals surface area contributed by atoms with Crippen LogP contribution in [0.5, 0.6) is 5.75 Å². The molecule has 0 aliphatic rings. The molecule has 1 heterocycles. The molecule has 2 aromatic rings. The Morgan fingerprint density at radius 2 is 2.24 bits per heavy atom. The van der Waals surface area contributed by atoms with Crippen LogP contribution in [-0.2, 0) is 20.0 Å². The van der Waals surface area contributed by atoms with E-state index in [1.165, 1.54) is 11.1 Å². The van der Waals surface area contributed by atoms with Crippen molar-refractivity contribution in [2.75, 3.05) is 13.2 Å². The fraction of sp³-hybridized carbons (Fsp3) is 0.438. The molecular formula is C16H22BrN3O. The van der Waals surface area contributed by atoms with Crippen LogP contribution in [0.2, 0.25) is 0 Å². The van der Waals surface area contributed by atoms with Crippen LogP contribution in [0.4, 0.5) is 0 Å². The molecule has 0 bridgehead atoms. The highest BCUT2D eigenvalue weighted by Crippen LogP contribution is 2.23. The van der Waals surface area contributed by atoms with E-state index in [-0.39, 0.29) is 0 Å². The maximum atomic E-state index is 5.79. The van der Waals surface area contributed by atoms with Gasteiger partial charge in [-0.2, -0.15) is 5.10 Å². The number of nitrogens with zero attached hydrogens (tertiary/aromatic N) is 2. The maximum Gasteiger partial charge on any atom is 0.123 e. The van der Waals surface area contributed by atoms with Gasteiger partial charge in [0.2, 0.25) is 0 Å². The van der Waals surface area contributed by atoms with Crippen LogP contribution >= 0.6 is 15.9 Å². The zero-order chi connectivity index (χ0) is 15.1. The number of benzene rings is 1. The van der Waals surface area contributed by atoms with Crippen LogP contribution in [-0.4, -0.2) is 22.9 Å². The van der Waals surface area contributed by atoms with Gasteiger partial charge in [-0.3, -0.25) is 4.68 Å². The minimum absolute atomic E-state index is 0.754. The summed E-state index contributed by atoms with van der Waals surface area (Å²) in [7, 11) is 1.94. The Morgan fingerprint density at radius 1 is 1.38 bits per heavy atom. The monoisotopic (exact) mass is 351 g/mol. The van der Waals surface area contributed by atoms with E-state index < -0.39 is 0 Å². The summed E-state index contributed by atoms with van der Waals surface area (Å²) in [5, 5.41) is 7.64. The SMILES string of the molecule is CCCOc1ccc(Br)cc1CNCCc1cnn(C)c1. The fourth-order valence-corrected chi connectivity index (χ4v) is 2.50. The van der Waals surface area contributed by atoms with Gasteiger partial charge in [-0.05, 0) is 43.1 Å². The summed E-state index contributed by atoms with van der Waals surface area (Å²) < 4.78 is 8.70. The summed E-state index contributed by atoms with van der Waals surface area (Å²) >= 11 is 3.52. The Bertz CT molecular complexity index is 568. The molecule has 4 nitrogen and oxygen atoms in total. The molecule has 0 fully saturated rings. The number of nitrogens with one attached hydrogen (secondary N) is 1. The van der Waals surface area contributed by atoms with Gasteiger partial charge in [-0.1, -0.05) is 22.9 Å². The average Bonchev–Trinajstić information content (AvgIpc) is 2.88. The second-order valence-corrected chi connectivity index (χ2v) is 5.97. The van der Waals surface area contributed by atoms with Crippen LogP contribution in [0.3, 0.4) is 0 Å². The summed E-state index contributed by atoms with van der Waals surface area (Å²) in [6.07, 6.45) is 5.96. The van der Waals surface area contributed by atoms with Crippen LogP contribution in [0.25, 0.3) is 0 Å². The van der Waals surface area contributed by atoms with Crippen molar-refractivity contribution in [1.29, 1.82) is 0 Å². The van der Waals surface area contributed by atoms with Crippen molar-refractivity contribution in [3.8, 4) is 5.75 Å². The molecule has 21 heavy (non-hydrogen) atoms. The number of hydrogen-bond acceptors (Lipinski definition) is 3. The van der Waals surface area contributed by atoms with Crippen molar-refractivity contribution in [2.24, 2.45) is 7.05 Å². The zero-order valence-corrected chi connectivity index (χ0v) is 14.2. The second-order valence-electron chi connectivity index (χ2n) is 5.05. The van der Waals surface area contributed by atoms with Crippen molar-refractivity contribution in [3.63, 3.8) is 0 Å². The molecule has 0 unspecified atom stereocenters.